The highest BCUT2D eigenvalue weighted by Crippen LogP contribution is 2.22. The number of rotatable bonds is 2. The maximum absolute atomic E-state index is 12.4. The molecule has 0 saturated heterocycles. The molecule has 4 nitrogen and oxygen atoms in total. The van der Waals surface area contributed by atoms with Crippen LogP contribution in [0.5, 0.6) is 0 Å². The number of carbonyl (C=O) groups is 1. The molecule has 3 rings (SSSR count). The predicted octanol–water partition coefficient (Wildman–Crippen LogP) is 2.96. The van der Waals surface area contributed by atoms with Crippen molar-refractivity contribution < 1.29 is 4.79 Å². The van der Waals surface area contributed by atoms with E-state index in [0.717, 1.165) is 34.7 Å². The first-order valence-electron chi connectivity index (χ1n) is 6.77. The molecule has 2 aromatic rings. The molecule has 0 N–H and O–H groups in total. The summed E-state index contributed by atoms with van der Waals surface area (Å²) in [7, 11) is 1.96. The number of hydrogen-bond donors (Lipinski definition) is 0. The summed E-state index contributed by atoms with van der Waals surface area (Å²) in [6.45, 7) is 1.35. The van der Waals surface area contributed by atoms with Crippen LogP contribution in [0, 0.1) is 0 Å². The van der Waals surface area contributed by atoms with Gasteiger partial charge in [0.15, 0.2) is 4.73 Å². The summed E-state index contributed by atoms with van der Waals surface area (Å²) >= 11 is 9.29. The first-order chi connectivity index (χ1) is 10.0. The van der Waals surface area contributed by atoms with E-state index in [0.29, 0.717) is 18.0 Å². The summed E-state index contributed by atoms with van der Waals surface area (Å²) < 4.78 is 2.82. The third-order valence-corrected chi connectivity index (χ3v) is 4.78. The highest BCUT2D eigenvalue weighted by molar-refractivity contribution is 9.10. The lowest BCUT2D eigenvalue weighted by molar-refractivity contribution is -0.131. The van der Waals surface area contributed by atoms with Gasteiger partial charge in [0.2, 0.25) is 5.91 Å². The number of hydrogen-bond acceptors (Lipinski definition) is 2. The number of aromatic nitrogens is 2. The fourth-order valence-electron chi connectivity index (χ4n) is 2.56. The highest BCUT2D eigenvalue weighted by atomic mass is 79.9. The van der Waals surface area contributed by atoms with E-state index in [4.69, 9.17) is 11.6 Å². The molecule has 0 aliphatic carbocycles. The summed E-state index contributed by atoms with van der Waals surface area (Å²) in [6.07, 6.45) is 1.21. The lowest BCUT2D eigenvalue weighted by Gasteiger charge is -2.27. The van der Waals surface area contributed by atoms with Crippen LogP contribution in [0.1, 0.15) is 17.0 Å². The van der Waals surface area contributed by atoms with Gasteiger partial charge in [0.05, 0.1) is 24.4 Å². The van der Waals surface area contributed by atoms with Crippen LogP contribution in [0.4, 0.5) is 0 Å². The molecule has 0 spiro atoms. The van der Waals surface area contributed by atoms with Gasteiger partial charge in [0, 0.05) is 25.0 Å². The van der Waals surface area contributed by atoms with Crippen molar-refractivity contribution in [2.45, 2.75) is 19.4 Å². The Labute approximate surface area is 136 Å². The van der Waals surface area contributed by atoms with Gasteiger partial charge in [-0.3, -0.25) is 4.79 Å². The summed E-state index contributed by atoms with van der Waals surface area (Å²) in [6, 6.07) is 7.43. The van der Waals surface area contributed by atoms with E-state index in [9.17, 15) is 4.79 Å². The zero-order valence-electron chi connectivity index (χ0n) is 11.6. The summed E-state index contributed by atoms with van der Waals surface area (Å²) in [5, 5.41) is 0.688. The van der Waals surface area contributed by atoms with E-state index in [1.807, 2.05) is 40.8 Å². The van der Waals surface area contributed by atoms with Crippen LogP contribution in [-0.2, 0) is 31.2 Å². The van der Waals surface area contributed by atoms with Crippen molar-refractivity contribution in [3.8, 4) is 0 Å². The van der Waals surface area contributed by atoms with E-state index in [2.05, 4.69) is 20.9 Å². The molecule has 0 unspecified atom stereocenters. The molecule has 0 saturated carbocycles. The number of imidazole rings is 1. The zero-order chi connectivity index (χ0) is 15.0. The maximum atomic E-state index is 12.4. The average molecular weight is 369 g/mol. The monoisotopic (exact) mass is 367 g/mol. The minimum absolute atomic E-state index is 0.139. The molecule has 0 atom stereocenters. The molecule has 21 heavy (non-hydrogen) atoms. The molecular weight excluding hydrogens is 354 g/mol. The van der Waals surface area contributed by atoms with E-state index >= 15 is 0 Å². The van der Waals surface area contributed by atoms with Crippen molar-refractivity contribution in [3.63, 3.8) is 0 Å². The van der Waals surface area contributed by atoms with Crippen LogP contribution >= 0.6 is 27.5 Å². The molecule has 0 fully saturated rings. The Kier molecular flexibility index (Phi) is 4.04. The Morgan fingerprint density at radius 3 is 2.81 bits per heavy atom. The zero-order valence-corrected chi connectivity index (χ0v) is 14.0. The van der Waals surface area contributed by atoms with Gasteiger partial charge in [-0.25, -0.2) is 4.98 Å². The van der Waals surface area contributed by atoms with Crippen LogP contribution in [0.3, 0.4) is 0 Å². The lowest BCUT2D eigenvalue weighted by Crippen LogP contribution is -2.37. The van der Waals surface area contributed by atoms with Gasteiger partial charge in [0.1, 0.15) is 0 Å². The number of fused-ring (bicyclic) bond motifs is 1. The van der Waals surface area contributed by atoms with Gasteiger partial charge < -0.3 is 9.47 Å². The molecular formula is C15H15BrClN3O. The largest absolute Gasteiger partial charge is 0.336 e. The molecule has 1 aliphatic heterocycles. The smallest absolute Gasteiger partial charge is 0.227 e. The van der Waals surface area contributed by atoms with E-state index < -0.39 is 0 Å². The van der Waals surface area contributed by atoms with Crippen molar-refractivity contribution in [1.29, 1.82) is 0 Å². The van der Waals surface area contributed by atoms with Gasteiger partial charge in [-0.05, 0) is 33.6 Å². The van der Waals surface area contributed by atoms with Crippen molar-refractivity contribution in [2.24, 2.45) is 7.05 Å². The molecule has 0 bridgehead atoms. The van der Waals surface area contributed by atoms with Gasteiger partial charge in [-0.2, -0.15) is 0 Å². The first-order valence-corrected chi connectivity index (χ1v) is 7.94. The second-order valence-corrected chi connectivity index (χ2v) is 6.35. The lowest BCUT2D eigenvalue weighted by atomic mass is 10.1. The SMILES string of the molecule is Cn1c(Br)nc2c1CN(C(=O)Cc1ccc(Cl)cc1)CC2. The molecule has 1 aliphatic rings. The van der Waals surface area contributed by atoms with Crippen molar-refractivity contribution in [1.82, 2.24) is 14.5 Å². The molecule has 1 aromatic heterocycles. The van der Waals surface area contributed by atoms with Crippen LogP contribution in [0.2, 0.25) is 5.02 Å². The van der Waals surface area contributed by atoms with Crippen LogP contribution < -0.4 is 0 Å². The first kappa shape index (κ1) is 14.6. The number of halogens is 2. The van der Waals surface area contributed by atoms with Crippen LogP contribution in [0.15, 0.2) is 29.0 Å². The molecule has 1 aromatic carbocycles. The topological polar surface area (TPSA) is 38.1 Å². The number of carbonyl (C=O) groups excluding carboxylic acids is 1. The Bertz CT molecular complexity index is 681. The van der Waals surface area contributed by atoms with E-state index in [1.165, 1.54) is 0 Å². The predicted molar refractivity (Wildman–Crippen MR) is 85.2 cm³/mol. The van der Waals surface area contributed by atoms with Crippen molar-refractivity contribution in [2.75, 3.05) is 6.54 Å². The van der Waals surface area contributed by atoms with Crippen molar-refractivity contribution >= 4 is 33.4 Å². The number of amides is 1. The van der Waals surface area contributed by atoms with Crippen molar-refractivity contribution in [3.05, 3.63) is 51.0 Å². The normalized spacial score (nSPS) is 14.1. The number of nitrogens with zero attached hydrogens (tertiary/aromatic N) is 3. The molecule has 2 heterocycles. The summed E-state index contributed by atoms with van der Waals surface area (Å²) in [5.74, 6) is 0.139. The maximum Gasteiger partial charge on any atom is 0.227 e. The minimum Gasteiger partial charge on any atom is -0.336 e. The van der Waals surface area contributed by atoms with Gasteiger partial charge >= 0.3 is 0 Å². The van der Waals surface area contributed by atoms with E-state index in [1.54, 1.807) is 0 Å². The second-order valence-electron chi connectivity index (χ2n) is 5.20. The van der Waals surface area contributed by atoms with Crippen LogP contribution in [0.25, 0.3) is 0 Å². The van der Waals surface area contributed by atoms with Crippen LogP contribution in [-0.4, -0.2) is 26.9 Å². The summed E-state index contributed by atoms with van der Waals surface area (Å²) in [4.78, 5) is 18.8. The molecule has 6 heteroatoms. The Hall–Kier alpha value is -1.33. The quantitative estimate of drug-likeness (QED) is 0.817. The second kappa shape index (κ2) is 5.81. The Morgan fingerprint density at radius 2 is 2.10 bits per heavy atom. The van der Waals surface area contributed by atoms with Gasteiger partial charge in [-0.1, -0.05) is 23.7 Å². The average Bonchev–Trinajstić information content (AvgIpc) is 2.76. The van der Waals surface area contributed by atoms with E-state index in [-0.39, 0.29) is 5.91 Å². The minimum atomic E-state index is 0.139. The Balaban J connectivity index is 1.72. The molecule has 0 radical (unpaired) electrons. The number of benzene rings is 1. The standard InChI is InChI=1S/C15H15BrClN3O/c1-19-13-9-20(7-6-12(13)18-15(19)16)14(21)8-10-2-4-11(17)5-3-10/h2-5H,6-9H2,1H3. The van der Waals surface area contributed by atoms with Gasteiger partial charge in [-0.15, -0.1) is 0 Å². The molecule has 1 amide bonds. The third kappa shape index (κ3) is 2.99. The fraction of sp³-hybridized carbons (Fsp3) is 0.333. The summed E-state index contributed by atoms with van der Waals surface area (Å²) in [5.41, 5.74) is 3.18. The molecule has 110 valence electrons. The van der Waals surface area contributed by atoms with Gasteiger partial charge in [0.25, 0.3) is 0 Å². The fourth-order valence-corrected chi connectivity index (χ4v) is 3.11. The third-order valence-electron chi connectivity index (χ3n) is 3.82. The highest BCUT2D eigenvalue weighted by Gasteiger charge is 2.25. The Morgan fingerprint density at radius 1 is 1.38 bits per heavy atom.